The van der Waals surface area contributed by atoms with Crippen molar-refractivity contribution in [3.63, 3.8) is 0 Å². The number of nitrogens with one attached hydrogen (secondary N) is 1. The summed E-state index contributed by atoms with van der Waals surface area (Å²) in [6.45, 7) is 5.90. The lowest BCUT2D eigenvalue weighted by Crippen LogP contribution is -2.30. The molecule has 3 aromatic carbocycles. The van der Waals surface area contributed by atoms with Crippen LogP contribution in [0.15, 0.2) is 65.5 Å². The van der Waals surface area contributed by atoms with Crippen molar-refractivity contribution in [3.05, 3.63) is 98.8 Å². The highest BCUT2D eigenvalue weighted by molar-refractivity contribution is 5.92. The third-order valence-electron chi connectivity index (χ3n) is 6.42. The zero-order chi connectivity index (χ0) is 25.8. The molecule has 0 spiro atoms. The zero-order valence-electron chi connectivity index (χ0n) is 21.5. The number of fused-ring (bicyclic) bond motifs is 1. The van der Waals surface area contributed by atoms with Crippen molar-refractivity contribution in [2.24, 2.45) is 0 Å². The Morgan fingerprint density at radius 2 is 1.56 bits per heavy atom. The van der Waals surface area contributed by atoms with Crippen LogP contribution in [-0.2, 0) is 24.2 Å². The van der Waals surface area contributed by atoms with Gasteiger partial charge < -0.3 is 14.8 Å². The number of aromatic nitrogens is 1. The largest absolute Gasteiger partial charge is 0.493 e. The van der Waals surface area contributed by atoms with Gasteiger partial charge in [-0.1, -0.05) is 35.9 Å². The summed E-state index contributed by atoms with van der Waals surface area (Å²) in [5.41, 5.74) is 6.21. The number of rotatable bonds is 8. The Kier molecular flexibility index (Phi) is 7.44. The van der Waals surface area contributed by atoms with E-state index in [1.54, 1.807) is 18.8 Å². The lowest BCUT2D eigenvalue weighted by molar-refractivity contribution is -0.116. The number of anilines is 1. The molecule has 1 N–H and O–H groups in total. The summed E-state index contributed by atoms with van der Waals surface area (Å²) < 4.78 is 12.3. The van der Waals surface area contributed by atoms with Crippen LogP contribution in [0, 0.1) is 20.8 Å². The summed E-state index contributed by atoms with van der Waals surface area (Å²) in [7, 11) is 3.21. The molecular weight excluding hydrogens is 452 g/mol. The van der Waals surface area contributed by atoms with Gasteiger partial charge in [-0.05, 0) is 86.0 Å². The highest BCUT2D eigenvalue weighted by Gasteiger charge is 2.14. The maximum Gasteiger partial charge on any atom is 0.254 e. The van der Waals surface area contributed by atoms with E-state index >= 15 is 0 Å². The van der Waals surface area contributed by atoms with Gasteiger partial charge in [-0.3, -0.25) is 14.2 Å². The van der Waals surface area contributed by atoms with Crippen LogP contribution >= 0.6 is 0 Å². The van der Waals surface area contributed by atoms with Crippen LogP contribution < -0.4 is 20.3 Å². The third kappa shape index (κ3) is 5.43. The fourth-order valence-electron chi connectivity index (χ4n) is 4.48. The molecule has 1 amide bonds. The second-order valence-corrected chi connectivity index (χ2v) is 9.18. The van der Waals surface area contributed by atoms with Gasteiger partial charge in [0.1, 0.15) is 6.54 Å². The van der Waals surface area contributed by atoms with Crippen molar-refractivity contribution in [2.45, 2.75) is 40.2 Å². The second-order valence-electron chi connectivity index (χ2n) is 9.18. The Bertz CT molecular complexity index is 1490. The predicted octanol–water partition coefficient (Wildman–Crippen LogP) is 5.37. The Balaban J connectivity index is 1.64. The maximum atomic E-state index is 13.6. The molecule has 0 aliphatic heterocycles. The van der Waals surface area contributed by atoms with Gasteiger partial charge in [0.25, 0.3) is 5.56 Å². The smallest absolute Gasteiger partial charge is 0.254 e. The molecule has 1 heterocycles. The summed E-state index contributed by atoms with van der Waals surface area (Å²) in [5.74, 6) is 1.09. The van der Waals surface area contributed by atoms with Crippen molar-refractivity contribution in [3.8, 4) is 11.5 Å². The Morgan fingerprint density at radius 3 is 2.28 bits per heavy atom. The summed E-state index contributed by atoms with van der Waals surface area (Å²) in [6, 6.07) is 19.6. The van der Waals surface area contributed by atoms with Crippen LogP contribution in [0.25, 0.3) is 10.9 Å². The molecule has 36 heavy (non-hydrogen) atoms. The van der Waals surface area contributed by atoms with Crippen molar-refractivity contribution in [2.75, 3.05) is 19.5 Å². The lowest BCUT2D eigenvalue weighted by atomic mass is 10.0. The van der Waals surface area contributed by atoms with E-state index in [4.69, 9.17) is 9.47 Å². The van der Waals surface area contributed by atoms with Crippen LogP contribution in [0.2, 0.25) is 0 Å². The highest BCUT2D eigenvalue weighted by Crippen LogP contribution is 2.28. The van der Waals surface area contributed by atoms with Gasteiger partial charge >= 0.3 is 0 Å². The molecule has 0 aliphatic rings. The lowest BCUT2D eigenvalue weighted by Gasteiger charge is -2.15. The molecule has 6 heteroatoms. The van der Waals surface area contributed by atoms with Crippen molar-refractivity contribution >= 4 is 22.5 Å². The second kappa shape index (κ2) is 10.7. The normalized spacial score (nSPS) is 10.9. The highest BCUT2D eigenvalue weighted by atomic mass is 16.5. The number of carbonyl (C=O) groups excluding carboxylic acids is 1. The van der Waals surface area contributed by atoms with Gasteiger partial charge in [-0.15, -0.1) is 0 Å². The van der Waals surface area contributed by atoms with Crippen molar-refractivity contribution in [1.82, 2.24) is 4.57 Å². The molecule has 0 fully saturated rings. The first-order valence-corrected chi connectivity index (χ1v) is 12.0. The quantitative estimate of drug-likeness (QED) is 0.365. The van der Waals surface area contributed by atoms with E-state index in [0.717, 1.165) is 38.8 Å². The van der Waals surface area contributed by atoms with E-state index in [9.17, 15) is 9.59 Å². The summed E-state index contributed by atoms with van der Waals surface area (Å²) in [6.07, 6.45) is 1.19. The van der Waals surface area contributed by atoms with Gasteiger partial charge in [-0.2, -0.15) is 0 Å². The molecule has 4 aromatic rings. The molecule has 0 radical (unpaired) electrons. The van der Waals surface area contributed by atoms with Crippen LogP contribution in [0.5, 0.6) is 11.5 Å². The van der Waals surface area contributed by atoms with E-state index in [1.807, 2.05) is 81.4 Å². The first-order chi connectivity index (χ1) is 17.3. The Morgan fingerprint density at radius 1 is 0.833 bits per heavy atom. The fraction of sp³-hybridized carbons (Fsp3) is 0.267. The molecule has 4 rings (SSSR count). The molecule has 0 unspecified atom stereocenters. The molecule has 186 valence electrons. The first kappa shape index (κ1) is 25.0. The number of hydrogen-bond donors (Lipinski definition) is 1. The molecular formula is C30H32N2O4. The summed E-state index contributed by atoms with van der Waals surface area (Å²) >= 11 is 0. The number of amides is 1. The van der Waals surface area contributed by atoms with E-state index in [1.165, 1.54) is 0 Å². The number of benzene rings is 3. The number of pyridine rings is 1. The molecule has 1 aromatic heterocycles. The monoisotopic (exact) mass is 484 g/mol. The molecule has 0 saturated carbocycles. The minimum absolute atomic E-state index is 0.0592. The molecule has 6 nitrogen and oxygen atoms in total. The first-order valence-electron chi connectivity index (χ1n) is 12.0. The minimum atomic E-state index is -0.233. The van der Waals surface area contributed by atoms with E-state index < -0.39 is 0 Å². The van der Waals surface area contributed by atoms with Gasteiger partial charge in [0.2, 0.25) is 5.91 Å². The predicted molar refractivity (Wildman–Crippen MR) is 144 cm³/mol. The minimum Gasteiger partial charge on any atom is -0.493 e. The topological polar surface area (TPSA) is 69.6 Å². The van der Waals surface area contributed by atoms with E-state index in [0.29, 0.717) is 29.9 Å². The van der Waals surface area contributed by atoms with Crippen LogP contribution in [0.3, 0.4) is 0 Å². The standard InChI is InChI=1S/C30H32N2O4/c1-19-7-12-25(21(3)14-19)31-29(33)18-32-26-15-20(2)6-10-23(26)17-24(30(32)34)11-8-22-9-13-27(35-4)28(16-22)36-5/h6-7,9-10,12-17H,8,11,18H2,1-5H3,(H,31,33). The van der Waals surface area contributed by atoms with Gasteiger partial charge in [0, 0.05) is 11.3 Å². The third-order valence-corrected chi connectivity index (χ3v) is 6.42. The molecule has 0 bridgehead atoms. The number of hydrogen-bond acceptors (Lipinski definition) is 4. The fourth-order valence-corrected chi connectivity index (χ4v) is 4.48. The Hall–Kier alpha value is -4.06. The van der Waals surface area contributed by atoms with Crippen LogP contribution in [-0.4, -0.2) is 24.7 Å². The molecule has 0 aliphatic carbocycles. The summed E-state index contributed by atoms with van der Waals surface area (Å²) in [5, 5.41) is 3.90. The number of methoxy groups -OCH3 is 2. The average molecular weight is 485 g/mol. The number of ether oxygens (including phenoxy) is 2. The Labute approximate surface area is 211 Å². The van der Waals surface area contributed by atoms with E-state index in [-0.39, 0.29) is 18.0 Å². The van der Waals surface area contributed by atoms with Crippen molar-refractivity contribution < 1.29 is 14.3 Å². The van der Waals surface area contributed by atoms with Crippen LogP contribution in [0.1, 0.15) is 27.8 Å². The summed E-state index contributed by atoms with van der Waals surface area (Å²) in [4.78, 5) is 26.6. The average Bonchev–Trinajstić information content (AvgIpc) is 2.86. The molecule has 0 atom stereocenters. The number of carbonyl (C=O) groups is 1. The number of aryl methyl sites for hydroxylation is 5. The van der Waals surface area contributed by atoms with Gasteiger partial charge in [0.05, 0.1) is 19.7 Å². The maximum absolute atomic E-state index is 13.6. The van der Waals surface area contributed by atoms with Crippen LogP contribution in [0.4, 0.5) is 5.69 Å². The van der Waals surface area contributed by atoms with Gasteiger partial charge in [-0.25, -0.2) is 0 Å². The van der Waals surface area contributed by atoms with Gasteiger partial charge in [0.15, 0.2) is 11.5 Å². The van der Waals surface area contributed by atoms with Crippen molar-refractivity contribution in [1.29, 1.82) is 0 Å². The molecule has 0 saturated heterocycles. The van der Waals surface area contributed by atoms with E-state index in [2.05, 4.69) is 5.32 Å². The SMILES string of the molecule is COc1ccc(CCc2cc3ccc(C)cc3n(CC(=O)Nc3ccc(C)cc3C)c2=O)cc1OC. The zero-order valence-corrected chi connectivity index (χ0v) is 21.5. The number of nitrogens with zero attached hydrogens (tertiary/aromatic N) is 1.